The summed E-state index contributed by atoms with van der Waals surface area (Å²) < 4.78 is 5.33. The Bertz CT molecular complexity index is 579. The highest BCUT2D eigenvalue weighted by Crippen LogP contribution is 2.18. The fraction of sp³-hybridized carbons (Fsp3) is 0.600. The van der Waals surface area contributed by atoms with Crippen LogP contribution in [-0.4, -0.2) is 74.1 Å². The Morgan fingerprint density at radius 3 is 2.42 bits per heavy atom. The summed E-state index contributed by atoms with van der Waals surface area (Å²) in [7, 11) is 0. The van der Waals surface area contributed by atoms with Crippen LogP contribution in [0.5, 0.6) is 0 Å². The summed E-state index contributed by atoms with van der Waals surface area (Å²) in [5.41, 5.74) is 1.04. The fourth-order valence-electron chi connectivity index (χ4n) is 3.58. The van der Waals surface area contributed by atoms with Crippen molar-refractivity contribution in [3.8, 4) is 0 Å². The van der Waals surface area contributed by atoms with Gasteiger partial charge in [0.2, 0.25) is 11.8 Å². The summed E-state index contributed by atoms with van der Waals surface area (Å²) in [5.74, 6) is 0.316. The van der Waals surface area contributed by atoms with Crippen LogP contribution < -0.4 is 5.32 Å². The number of benzene rings is 1. The molecule has 2 aliphatic rings. The standard InChI is InChI=1S/C20H29N3O3/c24-19(16-17-4-2-1-3-5-17)23-9-6-18(7-10-23)20(25)21-8-11-22-12-14-26-15-13-22/h1-5,18H,6-16H2,(H,21,25). The maximum Gasteiger partial charge on any atom is 0.226 e. The Morgan fingerprint density at radius 1 is 1.04 bits per heavy atom. The second kappa shape index (κ2) is 9.69. The zero-order chi connectivity index (χ0) is 18.2. The first-order valence-electron chi connectivity index (χ1n) is 9.62. The zero-order valence-corrected chi connectivity index (χ0v) is 15.4. The van der Waals surface area contributed by atoms with Gasteiger partial charge in [-0.15, -0.1) is 0 Å². The van der Waals surface area contributed by atoms with Crippen LogP contribution in [0.25, 0.3) is 0 Å². The van der Waals surface area contributed by atoms with E-state index in [1.807, 2.05) is 35.2 Å². The molecule has 0 aliphatic carbocycles. The van der Waals surface area contributed by atoms with E-state index in [9.17, 15) is 9.59 Å². The molecule has 1 N–H and O–H groups in total. The van der Waals surface area contributed by atoms with Crippen LogP contribution in [-0.2, 0) is 20.7 Å². The summed E-state index contributed by atoms with van der Waals surface area (Å²) in [6.07, 6.45) is 1.95. The molecule has 0 atom stereocenters. The summed E-state index contributed by atoms with van der Waals surface area (Å²) >= 11 is 0. The van der Waals surface area contributed by atoms with Crippen LogP contribution in [0.4, 0.5) is 0 Å². The predicted molar refractivity (Wildman–Crippen MR) is 99.7 cm³/mol. The van der Waals surface area contributed by atoms with Gasteiger partial charge in [0.25, 0.3) is 0 Å². The Morgan fingerprint density at radius 2 is 1.73 bits per heavy atom. The number of likely N-dealkylation sites (tertiary alicyclic amines) is 1. The van der Waals surface area contributed by atoms with Gasteiger partial charge in [0.05, 0.1) is 19.6 Å². The molecule has 0 aromatic heterocycles. The van der Waals surface area contributed by atoms with Gasteiger partial charge in [-0.3, -0.25) is 14.5 Å². The normalized spacial score (nSPS) is 19.3. The summed E-state index contributed by atoms with van der Waals surface area (Å²) in [5, 5.41) is 3.06. The van der Waals surface area contributed by atoms with Crippen LogP contribution in [0.15, 0.2) is 30.3 Å². The molecule has 0 spiro atoms. The molecule has 3 rings (SSSR count). The van der Waals surface area contributed by atoms with Crippen molar-refractivity contribution in [1.82, 2.24) is 15.1 Å². The van der Waals surface area contributed by atoms with E-state index in [0.29, 0.717) is 26.1 Å². The Balaban J connectivity index is 1.34. The fourth-order valence-corrected chi connectivity index (χ4v) is 3.58. The van der Waals surface area contributed by atoms with E-state index < -0.39 is 0 Å². The van der Waals surface area contributed by atoms with Gasteiger partial charge in [0.15, 0.2) is 0 Å². The van der Waals surface area contributed by atoms with E-state index in [0.717, 1.165) is 51.3 Å². The summed E-state index contributed by atoms with van der Waals surface area (Å²) in [6.45, 7) is 6.36. The van der Waals surface area contributed by atoms with Crippen molar-refractivity contribution in [3.05, 3.63) is 35.9 Å². The van der Waals surface area contributed by atoms with Gasteiger partial charge in [-0.25, -0.2) is 0 Å². The maximum atomic E-state index is 12.4. The van der Waals surface area contributed by atoms with Crippen molar-refractivity contribution >= 4 is 11.8 Å². The largest absolute Gasteiger partial charge is 0.379 e. The van der Waals surface area contributed by atoms with Crippen LogP contribution in [0.3, 0.4) is 0 Å². The average molecular weight is 359 g/mol. The van der Waals surface area contributed by atoms with Crippen molar-refractivity contribution in [2.24, 2.45) is 5.92 Å². The smallest absolute Gasteiger partial charge is 0.226 e. The van der Waals surface area contributed by atoms with Gasteiger partial charge in [-0.05, 0) is 18.4 Å². The minimum Gasteiger partial charge on any atom is -0.379 e. The van der Waals surface area contributed by atoms with E-state index in [-0.39, 0.29) is 17.7 Å². The third-order valence-electron chi connectivity index (χ3n) is 5.25. The van der Waals surface area contributed by atoms with E-state index in [1.54, 1.807) is 0 Å². The van der Waals surface area contributed by atoms with Gasteiger partial charge in [-0.1, -0.05) is 30.3 Å². The first-order chi connectivity index (χ1) is 12.7. The number of morpholine rings is 1. The van der Waals surface area contributed by atoms with E-state index in [4.69, 9.17) is 4.74 Å². The number of hydrogen-bond donors (Lipinski definition) is 1. The molecule has 0 bridgehead atoms. The molecule has 2 amide bonds. The molecule has 1 aromatic rings. The minimum absolute atomic E-state index is 0.0282. The van der Waals surface area contributed by atoms with E-state index >= 15 is 0 Å². The topological polar surface area (TPSA) is 61.9 Å². The molecule has 142 valence electrons. The quantitative estimate of drug-likeness (QED) is 0.820. The van der Waals surface area contributed by atoms with Gasteiger partial charge in [0.1, 0.15) is 0 Å². The molecule has 0 radical (unpaired) electrons. The molecule has 2 aliphatic heterocycles. The number of amides is 2. The average Bonchev–Trinajstić information content (AvgIpc) is 2.69. The third kappa shape index (κ3) is 5.54. The SMILES string of the molecule is O=C(NCCN1CCOCC1)C1CCN(C(=O)Cc2ccccc2)CC1. The maximum absolute atomic E-state index is 12.4. The van der Waals surface area contributed by atoms with Crippen molar-refractivity contribution in [3.63, 3.8) is 0 Å². The number of ether oxygens (including phenoxy) is 1. The van der Waals surface area contributed by atoms with Gasteiger partial charge in [0, 0.05) is 45.2 Å². The molecule has 6 heteroatoms. The highest BCUT2D eigenvalue weighted by Gasteiger charge is 2.27. The third-order valence-corrected chi connectivity index (χ3v) is 5.25. The molecule has 1 aromatic carbocycles. The number of rotatable bonds is 6. The zero-order valence-electron chi connectivity index (χ0n) is 15.4. The van der Waals surface area contributed by atoms with E-state index in [2.05, 4.69) is 10.2 Å². The highest BCUT2D eigenvalue weighted by molar-refractivity contribution is 5.81. The number of nitrogens with zero attached hydrogens (tertiary/aromatic N) is 2. The second-order valence-electron chi connectivity index (χ2n) is 7.06. The molecule has 0 saturated carbocycles. The van der Waals surface area contributed by atoms with Crippen LogP contribution in [0, 0.1) is 5.92 Å². The van der Waals surface area contributed by atoms with Crippen molar-refractivity contribution in [1.29, 1.82) is 0 Å². The molecule has 6 nitrogen and oxygen atoms in total. The van der Waals surface area contributed by atoms with Gasteiger partial charge < -0.3 is 15.0 Å². The van der Waals surface area contributed by atoms with Crippen molar-refractivity contribution in [2.45, 2.75) is 19.3 Å². The van der Waals surface area contributed by atoms with Crippen LogP contribution in [0.1, 0.15) is 18.4 Å². The molecule has 2 saturated heterocycles. The summed E-state index contributed by atoms with van der Waals surface area (Å²) in [6, 6.07) is 9.82. The number of carbonyl (C=O) groups is 2. The first-order valence-corrected chi connectivity index (χ1v) is 9.62. The lowest BCUT2D eigenvalue weighted by atomic mass is 9.95. The lowest BCUT2D eigenvalue weighted by Crippen LogP contribution is -2.45. The molecule has 26 heavy (non-hydrogen) atoms. The molecule has 0 unspecified atom stereocenters. The van der Waals surface area contributed by atoms with Crippen LogP contribution >= 0.6 is 0 Å². The predicted octanol–water partition coefficient (Wildman–Crippen LogP) is 0.916. The highest BCUT2D eigenvalue weighted by atomic mass is 16.5. The Hall–Kier alpha value is -1.92. The number of hydrogen-bond acceptors (Lipinski definition) is 4. The Labute approximate surface area is 155 Å². The number of piperidine rings is 1. The molecule has 2 heterocycles. The van der Waals surface area contributed by atoms with Gasteiger partial charge in [-0.2, -0.15) is 0 Å². The minimum atomic E-state index is 0.0282. The van der Waals surface area contributed by atoms with Crippen molar-refractivity contribution < 1.29 is 14.3 Å². The van der Waals surface area contributed by atoms with Gasteiger partial charge >= 0.3 is 0 Å². The lowest BCUT2D eigenvalue weighted by Gasteiger charge is -2.32. The van der Waals surface area contributed by atoms with E-state index in [1.165, 1.54) is 0 Å². The number of nitrogens with one attached hydrogen (secondary N) is 1. The number of carbonyl (C=O) groups excluding carboxylic acids is 2. The lowest BCUT2D eigenvalue weighted by molar-refractivity contribution is -0.135. The molecule has 2 fully saturated rings. The second-order valence-corrected chi connectivity index (χ2v) is 7.06. The summed E-state index contributed by atoms with van der Waals surface area (Å²) in [4.78, 5) is 29.0. The van der Waals surface area contributed by atoms with Crippen LogP contribution in [0.2, 0.25) is 0 Å². The Kier molecular flexibility index (Phi) is 7.03. The monoisotopic (exact) mass is 359 g/mol. The molecular weight excluding hydrogens is 330 g/mol. The molecular formula is C20H29N3O3. The first kappa shape index (κ1) is 18.9. The van der Waals surface area contributed by atoms with Crippen molar-refractivity contribution in [2.75, 3.05) is 52.5 Å².